The van der Waals surface area contributed by atoms with Crippen LogP contribution in [0.3, 0.4) is 0 Å². The van der Waals surface area contributed by atoms with Gasteiger partial charge in [-0.3, -0.25) is 0 Å². The van der Waals surface area contributed by atoms with Crippen molar-refractivity contribution in [2.45, 2.75) is 32.6 Å². The molecule has 1 N–H and O–H groups in total. The molecule has 2 rings (SSSR count). The van der Waals surface area contributed by atoms with Crippen LogP contribution < -0.4 is 0 Å². The highest BCUT2D eigenvalue weighted by molar-refractivity contribution is 6.32. The molecule has 86 valence electrons. The van der Waals surface area contributed by atoms with Crippen LogP contribution in [0.15, 0.2) is 29.8 Å². The number of phenols is 1. The van der Waals surface area contributed by atoms with E-state index in [9.17, 15) is 5.11 Å². The van der Waals surface area contributed by atoms with E-state index in [1.54, 1.807) is 6.07 Å². The van der Waals surface area contributed by atoms with Gasteiger partial charge in [-0.15, -0.1) is 0 Å². The molecule has 1 aliphatic carbocycles. The maximum Gasteiger partial charge on any atom is 0.134 e. The van der Waals surface area contributed by atoms with Gasteiger partial charge in [-0.05, 0) is 56.2 Å². The summed E-state index contributed by atoms with van der Waals surface area (Å²) in [5.74, 6) is 0.897. The molecule has 0 amide bonds. The van der Waals surface area contributed by atoms with Gasteiger partial charge in [-0.2, -0.15) is 0 Å². The molecular weight excluding hydrogens is 220 g/mol. The van der Waals surface area contributed by atoms with Crippen LogP contribution in [0.2, 0.25) is 5.02 Å². The molecular formula is C14H17ClO. The van der Waals surface area contributed by atoms with Crippen molar-refractivity contribution in [3.05, 3.63) is 40.4 Å². The SMILES string of the molecule is CC1=CC[C@@H](Cc2ccc(O)c(Cl)c2)CC1. The second kappa shape index (κ2) is 4.92. The molecule has 2 heteroatoms. The Morgan fingerprint density at radius 1 is 1.44 bits per heavy atom. The molecule has 0 bridgehead atoms. The van der Waals surface area contributed by atoms with Gasteiger partial charge in [0, 0.05) is 0 Å². The molecule has 0 heterocycles. The van der Waals surface area contributed by atoms with Gasteiger partial charge in [-0.25, -0.2) is 0 Å². The molecule has 0 aliphatic heterocycles. The fourth-order valence-corrected chi connectivity index (χ4v) is 2.42. The van der Waals surface area contributed by atoms with Crippen LogP contribution in [-0.4, -0.2) is 5.11 Å². The lowest BCUT2D eigenvalue weighted by Crippen LogP contribution is -2.08. The average molecular weight is 237 g/mol. The Morgan fingerprint density at radius 3 is 2.88 bits per heavy atom. The van der Waals surface area contributed by atoms with Crippen LogP contribution in [-0.2, 0) is 6.42 Å². The summed E-state index contributed by atoms with van der Waals surface area (Å²) in [7, 11) is 0. The molecule has 1 aliphatic rings. The standard InChI is InChI=1S/C14H17ClO/c1-10-2-4-11(5-3-10)8-12-6-7-14(16)13(15)9-12/h2,6-7,9,11,16H,3-5,8H2,1H3/t11-/m1/s1. The molecule has 1 nitrogen and oxygen atoms in total. The van der Waals surface area contributed by atoms with E-state index >= 15 is 0 Å². The van der Waals surface area contributed by atoms with Crippen molar-refractivity contribution in [2.24, 2.45) is 5.92 Å². The minimum atomic E-state index is 0.171. The molecule has 1 aromatic carbocycles. The number of halogens is 1. The summed E-state index contributed by atoms with van der Waals surface area (Å²) < 4.78 is 0. The zero-order chi connectivity index (χ0) is 11.5. The highest BCUT2D eigenvalue weighted by Gasteiger charge is 2.13. The number of phenolic OH excluding ortho intramolecular Hbond substituents is 1. The van der Waals surface area contributed by atoms with Gasteiger partial charge in [-0.1, -0.05) is 29.3 Å². The Balaban J connectivity index is 2.02. The largest absolute Gasteiger partial charge is 0.506 e. The maximum atomic E-state index is 9.34. The molecule has 0 saturated heterocycles. The molecule has 1 atom stereocenters. The summed E-state index contributed by atoms with van der Waals surface area (Å²) in [4.78, 5) is 0. The van der Waals surface area contributed by atoms with Gasteiger partial charge >= 0.3 is 0 Å². The van der Waals surface area contributed by atoms with Crippen molar-refractivity contribution in [1.82, 2.24) is 0 Å². The maximum absolute atomic E-state index is 9.34. The third-order valence-corrected chi connectivity index (χ3v) is 3.59. The quantitative estimate of drug-likeness (QED) is 0.758. The van der Waals surface area contributed by atoms with E-state index in [-0.39, 0.29) is 5.75 Å². The zero-order valence-electron chi connectivity index (χ0n) is 9.54. The van der Waals surface area contributed by atoms with Gasteiger partial charge in [0.25, 0.3) is 0 Å². The van der Waals surface area contributed by atoms with Crippen LogP contribution in [0, 0.1) is 5.92 Å². The van der Waals surface area contributed by atoms with E-state index in [2.05, 4.69) is 13.0 Å². The van der Waals surface area contributed by atoms with Gasteiger partial charge in [0.2, 0.25) is 0 Å². The molecule has 1 aromatic rings. The van der Waals surface area contributed by atoms with Gasteiger partial charge in [0.15, 0.2) is 0 Å². The molecule has 0 fully saturated rings. The smallest absolute Gasteiger partial charge is 0.134 e. The molecule has 16 heavy (non-hydrogen) atoms. The second-order valence-electron chi connectivity index (χ2n) is 4.68. The van der Waals surface area contributed by atoms with Crippen LogP contribution in [0.1, 0.15) is 31.7 Å². The van der Waals surface area contributed by atoms with Gasteiger partial charge in [0.1, 0.15) is 5.75 Å². The monoisotopic (exact) mass is 236 g/mol. The molecule has 0 unspecified atom stereocenters. The number of hydrogen-bond acceptors (Lipinski definition) is 1. The summed E-state index contributed by atoms with van der Waals surface area (Å²) in [6.45, 7) is 2.20. The van der Waals surface area contributed by atoms with Crippen LogP contribution >= 0.6 is 11.6 Å². The lowest BCUT2D eigenvalue weighted by atomic mass is 9.86. The number of benzene rings is 1. The number of hydrogen-bond donors (Lipinski definition) is 1. The lowest BCUT2D eigenvalue weighted by Gasteiger charge is -2.20. The van der Waals surface area contributed by atoms with Crippen LogP contribution in [0.25, 0.3) is 0 Å². The fourth-order valence-electron chi connectivity index (χ4n) is 2.22. The second-order valence-corrected chi connectivity index (χ2v) is 5.09. The molecule has 0 radical (unpaired) electrons. The summed E-state index contributed by atoms with van der Waals surface area (Å²) in [5, 5.41) is 9.80. The highest BCUT2D eigenvalue weighted by Crippen LogP contribution is 2.29. The van der Waals surface area contributed by atoms with Gasteiger partial charge < -0.3 is 5.11 Å². The first-order valence-corrected chi connectivity index (χ1v) is 6.16. The molecule has 0 aromatic heterocycles. The first-order chi connectivity index (χ1) is 7.65. The highest BCUT2D eigenvalue weighted by atomic mass is 35.5. The van der Waals surface area contributed by atoms with E-state index in [1.165, 1.54) is 30.4 Å². The normalized spacial score (nSPS) is 20.6. The molecule has 0 saturated carbocycles. The summed E-state index contributed by atoms with van der Waals surface area (Å²) in [5.41, 5.74) is 2.74. The minimum Gasteiger partial charge on any atom is -0.506 e. The van der Waals surface area contributed by atoms with Crippen molar-refractivity contribution < 1.29 is 5.11 Å². The Hall–Kier alpha value is -0.950. The Bertz CT molecular complexity index is 409. The predicted octanol–water partition coefficient (Wildman–Crippen LogP) is 4.33. The first-order valence-electron chi connectivity index (χ1n) is 5.78. The van der Waals surface area contributed by atoms with Crippen molar-refractivity contribution in [3.63, 3.8) is 0 Å². The van der Waals surface area contributed by atoms with Crippen molar-refractivity contribution >= 4 is 11.6 Å². The molecule has 0 spiro atoms. The lowest BCUT2D eigenvalue weighted by molar-refractivity contribution is 0.464. The average Bonchev–Trinajstić information content (AvgIpc) is 2.27. The predicted molar refractivity (Wildman–Crippen MR) is 67.9 cm³/mol. The topological polar surface area (TPSA) is 20.2 Å². The number of rotatable bonds is 2. The van der Waals surface area contributed by atoms with E-state index in [4.69, 9.17) is 11.6 Å². The summed E-state index contributed by atoms with van der Waals surface area (Å²) in [6.07, 6.45) is 7.06. The Morgan fingerprint density at radius 2 is 2.25 bits per heavy atom. The number of allylic oxidation sites excluding steroid dienone is 2. The van der Waals surface area contributed by atoms with Crippen molar-refractivity contribution in [2.75, 3.05) is 0 Å². The van der Waals surface area contributed by atoms with E-state index in [0.29, 0.717) is 5.02 Å². The fraction of sp³-hybridized carbons (Fsp3) is 0.429. The van der Waals surface area contributed by atoms with Crippen LogP contribution in [0.5, 0.6) is 5.75 Å². The van der Waals surface area contributed by atoms with Crippen LogP contribution in [0.4, 0.5) is 0 Å². The first kappa shape index (κ1) is 11.5. The Kier molecular flexibility index (Phi) is 3.55. The summed E-state index contributed by atoms with van der Waals surface area (Å²) in [6, 6.07) is 5.52. The van der Waals surface area contributed by atoms with Crippen molar-refractivity contribution in [3.8, 4) is 5.75 Å². The van der Waals surface area contributed by atoms with Gasteiger partial charge in [0.05, 0.1) is 5.02 Å². The van der Waals surface area contributed by atoms with E-state index in [0.717, 1.165) is 12.3 Å². The third-order valence-electron chi connectivity index (χ3n) is 3.28. The third kappa shape index (κ3) is 2.79. The van der Waals surface area contributed by atoms with E-state index < -0.39 is 0 Å². The minimum absolute atomic E-state index is 0.171. The number of aromatic hydroxyl groups is 1. The zero-order valence-corrected chi connectivity index (χ0v) is 10.3. The summed E-state index contributed by atoms with van der Waals surface area (Å²) >= 11 is 5.89. The van der Waals surface area contributed by atoms with E-state index in [1.807, 2.05) is 12.1 Å². The van der Waals surface area contributed by atoms with Crippen molar-refractivity contribution in [1.29, 1.82) is 0 Å². The Labute approximate surface area is 102 Å².